The number of carbonyl (C=O) groups excluding carboxylic acids is 1. The van der Waals surface area contributed by atoms with Gasteiger partial charge in [-0.2, -0.15) is 4.68 Å². The molecule has 0 aliphatic rings. The minimum absolute atomic E-state index is 0.0586. The average molecular weight is 386 g/mol. The first kappa shape index (κ1) is 17.0. The molecule has 27 heavy (non-hydrogen) atoms. The minimum atomic E-state index is -0.590. The summed E-state index contributed by atoms with van der Waals surface area (Å²) in [6.45, 7) is 0.0899. The van der Waals surface area contributed by atoms with Gasteiger partial charge in [0.2, 0.25) is 5.76 Å². The molecule has 3 aromatic heterocycles. The Morgan fingerprint density at radius 2 is 2.00 bits per heavy atom. The summed E-state index contributed by atoms with van der Waals surface area (Å²) in [5, 5.41) is 8.54. The van der Waals surface area contributed by atoms with Gasteiger partial charge < -0.3 is 9.15 Å². The molecular weight excluding hydrogens is 374 g/mol. The number of methoxy groups -OCH3 is 1. The van der Waals surface area contributed by atoms with Crippen LogP contribution < -0.4 is 5.56 Å². The molecule has 0 spiro atoms. The standard InChI is InChI=1S/C17H12ClN5O4/c1-26-17(25)13-7-6-12(27-13)8-22-9-19-15-14(16(22)24)20-21-23(15)11-4-2-10(18)3-5-11/h2-7,9H,8H2,1H3. The minimum Gasteiger partial charge on any atom is -0.463 e. The zero-order valence-corrected chi connectivity index (χ0v) is 14.8. The maximum absolute atomic E-state index is 12.7. The summed E-state index contributed by atoms with van der Waals surface area (Å²) in [6, 6.07) is 9.99. The Labute approximate surface area is 156 Å². The third-order valence-electron chi connectivity index (χ3n) is 3.88. The summed E-state index contributed by atoms with van der Waals surface area (Å²) >= 11 is 5.89. The zero-order chi connectivity index (χ0) is 19.0. The first-order valence-electron chi connectivity index (χ1n) is 7.80. The van der Waals surface area contributed by atoms with E-state index in [0.717, 1.165) is 0 Å². The topological polar surface area (TPSA) is 105 Å². The van der Waals surface area contributed by atoms with Crippen molar-refractivity contribution >= 4 is 28.7 Å². The van der Waals surface area contributed by atoms with Crippen LogP contribution in [0, 0.1) is 0 Å². The van der Waals surface area contributed by atoms with Crippen LogP contribution >= 0.6 is 11.6 Å². The van der Waals surface area contributed by atoms with Crippen molar-refractivity contribution in [2.45, 2.75) is 6.54 Å². The number of carbonyl (C=O) groups is 1. The number of hydrogen-bond acceptors (Lipinski definition) is 7. The van der Waals surface area contributed by atoms with Crippen LogP contribution in [0.25, 0.3) is 16.9 Å². The van der Waals surface area contributed by atoms with E-state index < -0.39 is 5.97 Å². The van der Waals surface area contributed by atoms with E-state index in [0.29, 0.717) is 22.1 Å². The molecule has 136 valence electrons. The maximum atomic E-state index is 12.7. The van der Waals surface area contributed by atoms with Crippen LogP contribution in [0.2, 0.25) is 5.02 Å². The molecule has 9 nitrogen and oxygen atoms in total. The van der Waals surface area contributed by atoms with Crippen LogP contribution in [0.15, 0.2) is 51.9 Å². The van der Waals surface area contributed by atoms with Gasteiger partial charge in [0.05, 0.1) is 19.3 Å². The smallest absolute Gasteiger partial charge is 0.373 e. The van der Waals surface area contributed by atoms with Crippen LogP contribution in [0.4, 0.5) is 0 Å². The van der Waals surface area contributed by atoms with Crippen LogP contribution in [0.5, 0.6) is 0 Å². The maximum Gasteiger partial charge on any atom is 0.373 e. The molecule has 0 aliphatic carbocycles. The van der Waals surface area contributed by atoms with Crippen molar-refractivity contribution in [1.82, 2.24) is 24.5 Å². The largest absolute Gasteiger partial charge is 0.463 e. The SMILES string of the molecule is COC(=O)c1ccc(Cn2cnc3c(nnn3-c3ccc(Cl)cc3)c2=O)o1. The van der Waals surface area contributed by atoms with E-state index in [1.54, 1.807) is 30.3 Å². The fourth-order valence-electron chi connectivity index (χ4n) is 2.55. The van der Waals surface area contributed by atoms with Gasteiger partial charge in [0, 0.05) is 5.02 Å². The van der Waals surface area contributed by atoms with Gasteiger partial charge in [-0.05, 0) is 36.4 Å². The second-order valence-corrected chi connectivity index (χ2v) is 6.02. The molecule has 4 rings (SSSR count). The van der Waals surface area contributed by atoms with E-state index in [4.69, 9.17) is 16.0 Å². The molecule has 0 saturated heterocycles. The number of furan rings is 1. The predicted molar refractivity (Wildman–Crippen MR) is 95.1 cm³/mol. The molecule has 10 heteroatoms. The molecule has 3 heterocycles. The third-order valence-corrected chi connectivity index (χ3v) is 4.13. The molecule has 0 unspecified atom stereocenters. The quantitative estimate of drug-likeness (QED) is 0.495. The van der Waals surface area contributed by atoms with Crippen LogP contribution in [0.3, 0.4) is 0 Å². The molecule has 0 radical (unpaired) electrons. The summed E-state index contributed by atoms with van der Waals surface area (Å²) in [4.78, 5) is 28.4. The summed E-state index contributed by atoms with van der Waals surface area (Å²) < 4.78 is 12.7. The van der Waals surface area contributed by atoms with Crippen molar-refractivity contribution in [3.8, 4) is 5.69 Å². The van der Waals surface area contributed by atoms with E-state index in [1.165, 1.54) is 28.8 Å². The molecule has 0 saturated carbocycles. The van der Waals surface area contributed by atoms with Gasteiger partial charge in [0.1, 0.15) is 12.1 Å². The molecule has 1 aromatic carbocycles. The number of ether oxygens (including phenoxy) is 1. The van der Waals surface area contributed by atoms with Gasteiger partial charge in [-0.1, -0.05) is 16.8 Å². The molecule has 0 atom stereocenters. The summed E-state index contributed by atoms with van der Waals surface area (Å²) in [5.41, 5.74) is 0.747. The highest BCUT2D eigenvalue weighted by atomic mass is 35.5. The lowest BCUT2D eigenvalue weighted by Gasteiger charge is -2.04. The molecule has 0 aliphatic heterocycles. The highest BCUT2D eigenvalue weighted by Crippen LogP contribution is 2.16. The summed E-state index contributed by atoms with van der Waals surface area (Å²) in [7, 11) is 1.26. The number of benzene rings is 1. The number of aromatic nitrogens is 5. The molecule has 4 aromatic rings. The number of esters is 1. The molecule has 0 bridgehead atoms. The Balaban J connectivity index is 1.69. The van der Waals surface area contributed by atoms with Crippen molar-refractivity contribution in [3.63, 3.8) is 0 Å². The van der Waals surface area contributed by atoms with Gasteiger partial charge in [0.25, 0.3) is 5.56 Å². The van der Waals surface area contributed by atoms with Crippen molar-refractivity contribution in [2.75, 3.05) is 7.11 Å². The van der Waals surface area contributed by atoms with E-state index in [-0.39, 0.29) is 23.4 Å². The van der Waals surface area contributed by atoms with Gasteiger partial charge in [0.15, 0.2) is 11.2 Å². The first-order chi connectivity index (χ1) is 13.1. The Hall–Kier alpha value is -3.46. The lowest BCUT2D eigenvalue weighted by Crippen LogP contribution is -2.21. The van der Waals surface area contributed by atoms with Gasteiger partial charge in [-0.3, -0.25) is 9.36 Å². The van der Waals surface area contributed by atoms with Gasteiger partial charge in [-0.25, -0.2) is 9.78 Å². The van der Waals surface area contributed by atoms with Crippen molar-refractivity contribution in [3.05, 3.63) is 69.6 Å². The average Bonchev–Trinajstić information content (AvgIpc) is 3.31. The normalized spacial score (nSPS) is 11.0. The molecule has 0 N–H and O–H groups in total. The van der Waals surface area contributed by atoms with Crippen molar-refractivity contribution in [1.29, 1.82) is 0 Å². The fourth-order valence-corrected chi connectivity index (χ4v) is 2.68. The molecular formula is C17H12ClN5O4. The summed E-state index contributed by atoms with van der Waals surface area (Å²) in [6.07, 6.45) is 1.38. The Morgan fingerprint density at radius 1 is 1.22 bits per heavy atom. The van der Waals surface area contributed by atoms with Gasteiger partial charge >= 0.3 is 5.97 Å². The second-order valence-electron chi connectivity index (χ2n) is 5.59. The van der Waals surface area contributed by atoms with Gasteiger partial charge in [-0.15, -0.1) is 5.10 Å². The highest BCUT2D eigenvalue weighted by molar-refractivity contribution is 6.30. The van der Waals surface area contributed by atoms with Crippen molar-refractivity contribution in [2.24, 2.45) is 0 Å². The third kappa shape index (κ3) is 3.08. The highest BCUT2D eigenvalue weighted by Gasteiger charge is 2.15. The van der Waals surface area contributed by atoms with E-state index in [9.17, 15) is 9.59 Å². The van der Waals surface area contributed by atoms with E-state index in [1.807, 2.05) is 0 Å². The lowest BCUT2D eigenvalue weighted by molar-refractivity contribution is 0.0563. The van der Waals surface area contributed by atoms with Crippen molar-refractivity contribution < 1.29 is 13.9 Å². The number of fused-ring (bicyclic) bond motifs is 1. The zero-order valence-electron chi connectivity index (χ0n) is 14.0. The van der Waals surface area contributed by atoms with Crippen LogP contribution in [0.1, 0.15) is 16.3 Å². The lowest BCUT2D eigenvalue weighted by atomic mass is 10.3. The Morgan fingerprint density at radius 3 is 2.74 bits per heavy atom. The summed E-state index contributed by atoms with van der Waals surface area (Å²) in [5.74, 6) is -0.125. The monoisotopic (exact) mass is 385 g/mol. The fraction of sp³-hybridized carbons (Fsp3) is 0.118. The van der Waals surface area contributed by atoms with Crippen LogP contribution in [-0.4, -0.2) is 37.6 Å². The van der Waals surface area contributed by atoms with Crippen LogP contribution in [-0.2, 0) is 11.3 Å². The first-order valence-corrected chi connectivity index (χ1v) is 8.18. The van der Waals surface area contributed by atoms with E-state index >= 15 is 0 Å². The Bertz CT molecular complexity index is 1190. The molecule has 0 amide bonds. The number of hydrogen-bond donors (Lipinski definition) is 0. The number of rotatable bonds is 4. The predicted octanol–water partition coefficient (Wildman–Crippen LogP) is 2.06. The number of halogens is 1. The number of nitrogens with zero attached hydrogens (tertiary/aromatic N) is 5. The van der Waals surface area contributed by atoms with E-state index in [2.05, 4.69) is 20.0 Å². The Kier molecular flexibility index (Phi) is 4.21. The second kappa shape index (κ2) is 6.69. The molecule has 0 fully saturated rings.